The molecular weight excluding hydrogens is 222 g/mol. The Bertz CT molecular complexity index is 317. The van der Waals surface area contributed by atoms with Gasteiger partial charge in [0.1, 0.15) is 0 Å². The Labute approximate surface area is 103 Å². The fourth-order valence-electron chi connectivity index (χ4n) is 1.64. The number of halogens is 1. The zero-order valence-corrected chi connectivity index (χ0v) is 10.7. The van der Waals surface area contributed by atoms with E-state index in [9.17, 15) is 5.11 Å². The molecule has 3 heteroatoms. The van der Waals surface area contributed by atoms with Crippen molar-refractivity contribution >= 4 is 11.6 Å². The smallest absolute Gasteiger partial charge is 0.0664 e. The molecule has 0 amide bonds. The van der Waals surface area contributed by atoms with Crippen molar-refractivity contribution in [2.45, 2.75) is 38.8 Å². The molecule has 0 aromatic heterocycles. The Morgan fingerprint density at radius 1 is 1.44 bits per heavy atom. The molecule has 0 aliphatic carbocycles. The van der Waals surface area contributed by atoms with Crippen LogP contribution in [0.5, 0.6) is 0 Å². The van der Waals surface area contributed by atoms with Gasteiger partial charge in [-0.1, -0.05) is 37.1 Å². The second-order valence-electron chi connectivity index (χ2n) is 4.13. The maximum Gasteiger partial charge on any atom is 0.0664 e. The van der Waals surface area contributed by atoms with Crippen molar-refractivity contribution in [2.75, 3.05) is 6.54 Å². The standard InChI is InChI=1S/C13H20ClNO/c1-3-5-13(16)9-15-10(2)11-6-4-7-12(14)8-11/h4,6-8,10,13,15-16H,3,5,9H2,1-2H3. The third-order valence-corrected chi connectivity index (χ3v) is 2.87. The van der Waals surface area contributed by atoms with Crippen LogP contribution in [0.25, 0.3) is 0 Å². The molecule has 0 saturated carbocycles. The van der Waals surface area contributed by atoms with Gasteiger partial charge in [-0.05, 0) is 31.0 Å². The quantitative estimate of drug-likeness (QED) is 0.802. The number of aliphatic hydroxyl groups excluding tert-OH is 1. The van der Waals surface area contributed by atoms with Gasteiger partial charge in [0.05, 0.1) is 6.10 Å². The highest BCUT2D eigenvalue weighted by Crippen LogP contribution is 2.17. The third-order valence-electron chi connectivity index (χ3n) is 2.63. The Morgan fingerprint density at radius 3 is 2.81 bits per heavy atom. The van der Waals surface area contributed by atoms with Crippen molar-refractivity contribution in [1.82, 2.24) is 5.32 Å². The fraction of sp³-hybridized carbons (Fsp3) is 0.538. The van der Waals surface area contributed by atoms with E-state index in [0.29, 0.717) is 6.54 Å². The number of aliphatic hydroxyl groups is 1. The van der Waals surface area contributed by atoms with Gasteiger partial charge in [-0.25, -0.2) is 0 Å². The van der Waals surface area contributed by atoms with Crippen LogP contribution in [0.2, 0.25) is 5.02 Å². The minimum absolute atomic E-state index is 0.213. The van der Waals surface area contributed by atoms with Crippen LogP contribution in [0.1, 0.15) is 38.3 Å². The maximum absolute atomic E-state index is 9.61. The fourth-order valence-corrected chi connectivity index (χ4v) is 1.84. The summed E-state index contributed by atoms with van der Waals surface area (Å²) in [7, 11) is 0. The van der Waals surface area contributed by atoms with Gasteiger partial charge in [0.25, 0.3) is 0 Å². The monoisotopic (exact) mass is 241 g/mol. The number of benzene rings is 1. The number of hydrogen-bond acceptors (Lipinski definition) is 2. The average Bonchev–Trinajstić information content (AvgIpc) is 2.26. The van der Waals surface area contributed by atoms with Crippen LogP contribution in [0.3, 0.4) is 0 Å². The second-order valence-corrected chi connectivity index (χ2v) is 4.56. The summed E-state index contributed by atoms with van der Waals surface area (Å²) < 4.78 is 0. The van der Waals surface area contributed by atoms with Crippen LogP contribution in [0.15, 0.2) is 24.3 Å². The van der Waals surface area contributed by atoms with Crippen LogP contribution in [0, 0.1) is 0 Å². The SMILES string of the molecule is CCCC(O)CNC(C)c1cccc(Cl)c1. The predicted octanol–water partition coefficient (Wildman–Crippen LogP) is 3.15. The molecule has 1 aromatic rings. The summed E-state index contributed by atoms with van der Waals surface area (Å²) >= 11 is 5.92. The average molecular weight is 242 g/mol. The molecule has 90 valence electrons. The molecule has 16 heavy (non-hydrogen) atoms. The zero-order chi connectivity index (χ0) is 12.0. The molecule has 0 spiro atoms. The minimum atomic E-state index is -0.258. The highest BCUT2D eigenvalue weighted by molar-refractivity contribution is 6.30. The molecule has 0 bridgehead atoms. The van der Waals surface area contributed by atoms with Crippen LogP contribution >= 0.6 is 11.6 Å². The second kappa shape index (κ2) is 6.89. The molecule has 2 nitrogen and oxygen atoms in total. The molecule has 0 aliphatic heterocycles. The molecule has 2 atom stereocenters. The molecule has 0 radical (unpaired) electrons. The summed E-state index contributed by atoms with van der Waals surface area (Å²) in [6.45, 7) is 4.77. The van der Waals surface area contributed by atoms with Gasteiger partial charge in [0.15, 0.2) is 0 Å². The van der Waals surface area contributed by atoms with E-state index >= 15 is 0 Å². The van der Waals surface area contributed by atoms with Crippen molar-refractivity contribution in [1.29, 1.82) is 0 Å². The van der Waals surface area contributed by atoms with E-state index in [2.05, 4.69) is 19.2 Å². The van der Waals surface area contributed by atoms with Crippen LogP contribution in [-0.2, 0) is 0 Å². The molecule has 1 rings (SSSR count). The molecule has 2 N–H and O–H groups in total. The predicted molar refractivity (Wildman–Crippen MR) is 68.8 cm³/mol. The van der Waals surface area contributed by atoms with Gasteiger partial charge in [-0.2, -0.15) is 0 Å². The molecule has 0 saturated heterocycles. The van der Waals surface area contributed by atoms with E-state index < -0.39 is 0 Å². The largest absolute Gasteiger partial charge is 0.392 e. The lowest BCUT2D eigenvalue weighted by molar-refractivity contribution is 0.157. The van der Waals surface area contributed by atoms with Crippen LogP contribution in [-0.4, -0.2) is 17.8 Å². The van der Waals surface area contributed by atoms with Crippen molar-refractivity contribution in [2.24, 2.45) is 0 Å². The molecular formula is C13H20ClNO. The highest BCUT2D eigenvalue weighted by Gasteiger charge is 2.08. The van der Waals surface area contributed by atoms with Gasteiger partial charge in [0, 0.05) is 17.6 Å². The zero-order valence-electron chi connectivity index (χ0n) is 9.91. The van der Waals surface area contributed by atoms with E-state index in [0.717, 1.165) is 23.4 Å². The highest BCUT2D eigenvalue weighted by atomic mass is 35.5. The summed E-state index contributed by atoms with van der Waals surface area (Å²) in [6, 6.07) is 8.01. The first kappa shape index (κ1) is 13.5. The van der Waals surface area contributed by atoms with Gasteiger partial charge < -0.3 is 10.4 Å². The van der Waals surface area contributed by atoms with Crippen molar-refractivity contribution in [3.63, 3.8) is 0 Å². The van der Waals surface area contributed by atoms with E-state index in [-0.39, 0.29) is 12.1 Å². The molecule has 0 aliphatic rings. The maximum atomic E-state index is 9.61. The normalized spacial score (nSPS) is 14.8. The van der Waals surface area contributed by atoms with Crippen molar-refractivity contribution in [3.05, 3.63) is 34.9 Å². The lowest BCUT2D eigenvalue weighted by Gasteiger charge is -2.17. The molecule has 0 fully saturated rings. The summed E-state index contributed by atoms with van der Waals surface area (Å²) in [5.41, 5.74) is 1.15. The Hall–Kier alpha value is -0.570. The molecule has 0 heterocycles. The summed E-state index contributed by atoms with van der Waals surface area (Å²) in [4.78, 5) is 0. The number of hydrogen-bond donors (Lipinski definition) is 2. The van der Waals surface area contributed by atoms with E-state index in [4.69, 9.17) is 11.6 Å². The first-order valence-corrected chi connectivity index (χ1v) is 6.18. The van der Waals surface area contributed by atoms with Crippen LogP contribution < -0.4 is 5.32 Å². The lowest BCUT2D eigenvalue weighted by Crippen LogP contribution is -2.28. The first-order valence-electron chi connectivity index (χ1n) is 5.80. The van der Waals surface area contributed by atoms with Gasteiger partial charge >= 0.3 is 0 Å². The summed E-state index contributed by atoms with van der Waals surface area (Å²) in [5, 5.41) is 13.7. The first-order chi connectivity index (χ1) is 7.63. The van der Waals surface area contributed by atoms with Gasteiger partial charge in [0.2, 0.25) is 0 Å². The minimum Gasteiger partial charge on any atom is -0.392 e. The van der Waals surface area contributed by atoms with E-state index in [1.807, 2.05) is 24.3 Å². The van der Waals surface area contributed by atoms with Gasteiger partial charge in [-0.3, -0.25) is 0 Å². The Balaban J connectivity index is 2.43. The van der Waals surface area contributed by atoms with E-state index in [1.165, 1.54) is 0 Å². The third kappa shape index (κ3) is 4.52. The van der Waals surface area contributed by atoms with Gasteiger partial charge in [-0.15, -0.1) is 0 Å². The van der Waals surface area contributed by atoms with E-state index in [1.54, 1.807) is 0 Å². The summed E-state index contributed by atoms with van der Waals surface area (Å²) in [6.07, 6.45) is 1.59. The topological polar surface area (TPSA) is 32.3 Å². The summed E-state index contributed by atoms with van der Waals surface area (Å²) in [5.74, 6) is 0. The molecule has 2 unspecified atom stereocenters. The Kier molecular flexibility index (Phi) is 5.81. The van der Waals surface area contributed by atoms with Crippen molar-refractivity contribution in [3.8, 4) is 0 Å². The van der Waals surface area contributed by atoms with Crippen molar-refractivity contribution < 1.29 is 5.11 Å². The van der Waals surface area contributed by atoms with Crippen LogP contribution in [0.4, 0.5) is 0 Å². The lowest BCUT2D eigenvalue weighted by atomic mass is 10.1. The molecule has 1 aromatic carbocycles. The number of nitrogens with one attached hydrogen (secondary N) is 1. The number of rotatable bonds is 6. The Morgan fingerprint density at radius 2 is 2.19 bits per heavy atom.